The van der Waals surface area contributed by atoms with Gasteiger partial charge in [-0.2, -0.15) is 0 Å². The van der Waals surface area contributed by atoms with Crippen LogP contribution in [0.3, 0.4) is 0 Å². The molecule has 0 saturated carbocycles. The third kappa shape index (κ3) is 2.03. The lowest BCUT2D eigenvalue weighted by molar-refractivity contribution is 0.0955. The zero-order valence-corrected chi connectivity index (χ0v) is 10.6. The lowest BCUT2D eigenvalue weighted by Crippen LogP contribution is -2.24. The van der Waals surface area contributed by atoms with E-state index in [1.165, 1.54) is 0 Å². The highest BCUT2D eigenvalue weighted by Crippen LogP contribution is 2.36. The molecule has 2 heterocycles. The molecule has 1 N–H and O–H groups in total. The number of hydrogen-bond donors (Lipinski definition) is 1. The summed E-state index contributed by atoms with van der Waals surface area (Å²) in [6.07, 6.45) is 3.78. The molecule has 0 aliphatic carbocycles. The van der Waals surface area contributed by atoms with Crippen molar-refractivity contribution in [3.05, 3.63) is 42.2 Å². The first-order valence-corrected chi connectivity index (χ1v) is 6.15. The molecule has 0 saturated heterocycles. The highest BCUT2D eigenvalue weighted by molar-refractivity contribution is 5.98. The average molecular weight is 258 g/mol. The van der Waals surface area contributed by atoms with E-state index in [1.807, 2.05) is 42.1 Å². The van der Waals surface area contributed by atoms with Gasteiger partial charge in [0.15, 0.2) is 11.5 Å². The van der Waals surface area contributed by atoms with Gasteiger partial charge >= 0.3 is 0 Å². The van der Waals surface area contributed by atoms with Crippen LogP contribution < -0.4 is 14.8 Å². The van der Waals surface area contributed by atoms with Crippen molar-refractivity contribution >= 4 is 5.91 Å². The Hall–Kier alpha value is -2.43. The first-order valence-electron chi connectivity index (χ1n) is 6.15. The van der Waals surface area contributed by atoms with Crippen molar-refractivity contribution < 1.29 is 14.3 Å². The Balaban J connectivity index is 2.12. The number of hydrogen-bond acceptors (Lipinski definition) is 3. The lowest BCUT2D eigenvalue weighted by Gasteiger charge is -2.11. The van der Waals surface area contributed by atoms with Gasteiger partial charge in [-0.1, -0.05) is 0 Å². The second-order valence-corrected chi connectivity index (χ2v) is 4.17. The van der Waals surface area contributed by atoms with Crippen LogP contribution in [0.5, 0.6) is 11.5 Å². The molecule has 1 aromatic heterocycles. The van der Waals surface area contributed by atoms with Gasteiger partial charge in [0.1, 0.15) is 0 Å². The van der Waals surface area contributed by atoms with Crippen molar-refractivity contribution in [3.63, 3.8) is 0 Å². The zero-order chi connectivity index (χ0) is 13.2. The summed E-state index contributed by atoms with van der Waals surface area (Å²) in [5.74, 6) is 1.15. The monoisotopic (exact) mass is 258 g/mol. The fourth-order valence-corrected chi connectivity index (χ4v) is 2.08. The van der Waals surface area contributed by atoms with E-state index in [9.17, 15) is 4.79 Å². The van der Waals surface area contributed by atoms with Gasteiger partial charge in [-0.25, -0.2) is 0 Å². The highest BCUT2D eigenvalue weighted by Gasteiger charge is 2.21. The molecular formula is C14H14N2O3. The fraction of sp³-hybridized carbons (Fsp3) is 0.214. The molecule has 98 valence electrons. The molecule has 3 rings (SSSR count). The fourth-order valence-electron chi connectivity index (χ4n) is 2.08. The molecule has 1 amide bonds. The molecule has 0 spiro atoms. The number of rotatable bonds is 3. The van der Waals surface area contributed by atoms with E-state index in [-0.39, 0.29) is 12.7 Å². The molecule has 0 fully saturated rings. The maximum absolute atomic E-state index is 12.1. The number of benzene rings is 1. The molecule has 2 aromatic rings. The van der Waals surface area contributed by atoms with Crippen LogP contribution in [-0.2, 0) is 0 Å². The predicted octanol–water partition coefficient (Wildman–Crippen LogP) is 1.96. The Morgan fingerprint density at radius 2 is 1.95 bits per heavy atom. The van der Waals surface area contributed by atoms with Gasteiger partial charge in [0.2, 0.25) is 6.79 Å². The molecule has 19 heavy (non-hydrogen) atoms. The molecular weight excluding hydrogens is 244 g/mol. The van der Waals surface area contributed by atoms with E-state index in [0.717, 1.165) is 5.69 Å². The number of carbonyl (C=O) groups is 1. The molecule has 1 aromatic carbocycles. The molecule has 0 radical (unpaired) electrons. The number of fused-ring (bicyclic) bond motifs is 1. The molecule has 5 heteroatoms. The van der Waals surface area contributed by atoms with Crippen molar-refractivity contribution in [2.75, 3.05) is 13.3 Å². The zero-order valence-electron chi connectivity index (χ0n) is 10.6. The number of nitrogens with one attached hydrogen (secondary N) is 1. The summed E-state index contributed by atoms with van der Waals surface area (Å²) in [6, 6.07) is 7.37. The maximum atomic E-state index is 12.1. The highest BCUT2D eigenvalue weighted by atomic mass is 16.7. The van der Waals surface area contributed by atoms with E-state index in [0.29, 0.717) is 23.6 Å². The lowest BCUT2D eigenvalue weighted by atomic mass is 10.1. The van der Waals surface area contributed by atoms with Gasteiger partial charge in [-0.05, 0) is 25.1 Å². The summed E-state index contributed by atoms with van der Waals surface area (Å²) in [5.41, 5.74) is 1.35. The normalized spacial score (nSPS) is 12.5. The molecule has 0 bridgehead atoms. The Kier molecular flexibility index (Phi) is 2.87. The molecule has 0 atom stereocenters. The largest absolute Gasteiger partial charge is 0.454 e. The Morgan fingerprint density at radius 3 is 2.63 bits per heavy atom. The Labute approximate surface area is 110 Å². The second-order valence-electron chi connectivity index (χ2n) is 4.17. The van der Waals surface area contributed by atoms with Gasteiger partial charge < -0.3 is 19.4 Å². The van der Waals surface area contributed by atoms with Gasteiger partial charge in [0.05, 0.1) is 11.3 Å². The van der Waals surface area contributed by atoms with Gasteiger partial charge in [-0.3, -0.25) is 4.79 Å². The summed E-state index contributed by atoms with van der Waals surface area (Å²) in [4.78, 5) is 12.1. The van der Waals surface area contributed by atoms with Crippen molar-refractivity contribution in [1.82, 2.24) is 9.88 Å². The van der Waals surface area contributed by atoms with E-state index >= 15 is 0 Å². The van der Waals surface area contributed by atoms with Crippen LogP contribution in [0.15, 0.2) is 36.7 Å². The number of aromatic nitrogens is 1. The van der Waals surface area contributed by atoms with E-state index in [4.69, 9.17) is 9.47 Å². The van der Waals surface area contributed by atoms with Crippen LogP contribution in [0.4, 0.5) is 0 Å². The van der Waals surface area contributed by atoms with Crippen LogP contribution in [0.1, 0.15) is 17.3 Å². The first kappa shape index (κ1) is 11.6. The van der Waals surface area contributed by atoms with Crippen LogP contribution in [0, 0.1) is 0 Å². The topological polar surface area (TPSA) is 52.5 Å². The number of ether oxygens (including phenoxy) is 2. The van der Waals surface area contributed by atoms with Crippen LogP contribution in [-0.4, -0.2) is 23.8 Å². The van der Waals surface area contributed by atoms with Crippen LogP contribution in [0.2, 0.25) is 0 Å². The summed E-state index contributed by atoms with van der Waals surface area (Å²) < 4.78 is 12.6. The summed E-state index contributed by atoms with van der Waals surface area (Å²) in [7, 11) is 0. The molecule has 1 aliphatic rings. The van der Waals surface area contributed by atoms with Crippen molar-refractivity contribution in [1.29, 1.82) is 0 Å². The molecule has 1 aliphatic heterocycles. The number of nitrogens with zero attached hydrogens (tertiary/aromatic N) is 1. The number of amides is 1. The minimum atomic E-state index is -0.121. The van der Waals surface area contributed by atoms with E-state index in [2.05, 4.69) is 5.32 Å². The van der Waals surface area contributed by atoms with Crippen molar-refractivity contribution in [2.24, 2.45) is 0 Å². The standard InChI is InChI=1S/C14H14N2O3/c1-2-15-14(17)10-7-12-13(19-9-18-12)8-11(10)16-5-3-4-6-16/h3-8H,2,9H2,1H3,(H,15,17). The van der Waals surface area contributed by atoms with E-state index < -0.39 is 0 Å². The summed E-state index contributed by atoms with van der Waals surface area (Å²) in [6.45, 7) is 2.66. The summed E-state index contributed by atoms with van der Waals surface area (Å²) in [5, 5.41) is 2.81. The van der Waals surface area contributed by atoms with Gasteiger partial charge in [0.25, 0.3) is 5.91 Å². The SMILES string of the molecule is CCNC(=O)c1cc2c(cc1-n1cccc1)OCO2. The molecule has 5 nitrogen and oxygen atoms in total. The van der Waals surface area contributed by atoms with Gasteiger partial charge in [-0.15, -0.1) is 0 Å². The first-order chi connectivity index (χ1) is 9.29. The van der Waals surface area contributed by atoms with Crippen LogP contribution >= 0.6 is 0 Å². The average Bonchev–Trinajstić information content (AvgIpc) is 3.08. The van der Waals surface area contributed by atoms with E-state index in [1.54, 1.807) is 6.07 Å². The van der Waals surface area contributed by atoms with Crippen molar-refractivity contribution in [2.45, 2.75) is 6.92 Å². The minimum Gasteiger partial charge on any atom is -0.454 e. The Morgan fingerprint density at radius 1 is 1.26 bits per heavy atom. The van der Waals surface area contributed by atoms with Crippen molar-refractivity contribution in [3.8, 4) is 17.2 Å². The van der Waals surface area contributed by atoms with Gasteiger partial charge in [0, 0.05) is 25.0 Å². The summed E-state index contributed by atoms with van der Waals surface area (Å²) >= 11 is 0. The Bertz CT molecular complexity index is 605. The predicted molar refractivity (Wildman–Crippen MR) is 69.9 cm³/mol. The maximum Gasteiger partial charge on any atom is 0.253 e. The smallest absolute Gasteiger partial charge is 0.253 e. The third-order valence-electron chi connectivity index (χ3n) is 2.96. The quantitative estimate of drug-likeness (QED) is 0.915. The third-order valence-corrected chi connectivity index (χ3v) is 2.96. The molecule has 0 unspecified atom stereocenters. The van der Waals surface area contributed by atoms with Crippen LogP contribution in [0.25, 0.3) is 5.69 Å². The second kappa shape index (κ2) is 4.68. The minimum absolute atomic E-state index is 0.121. The number of carbonyl (C=O) groups excluding carboxylic acids is 1.